The van der Waals surface area contributed by atoms with Crippen molar-refractivity contribution in [1.29, 1.82) is 0 Å². The third-order valence-corrected chi connectivity index (χ3v) is 3.43. The largest absolute Gasteiger partial charge is 0.375 e. The van der Waals surface area contributed by atoms with Crippen LogP contribution in [-0.4, -0.2) is 43.7 Å². The maximum Gasteiger partial charge on any atom is 0.248 e. The van der Waals surface area contributed by atoms with Crippen LogP contribution in [0.3, 0.4) is 0 Å². The summed E-state index contributed by atoms with van der Waals surface area (Å²) < 4.78 is 24.1. The van der Waals surface area contributed by atoms with Crippen LogP contribution in [0.4, 0.5) is 4.39 Å². The van der Waals surface area contributed by atoms with Gasteiger partial charge in [-0.05, 0) is 18.9 Å². The van der Waals surface area contributed by atoms with Gasteiger partial charge >= 0.3 is 0 Å². The van der Waals surface area contributed by atoms with Gasteiger partial charge in [0.05, 0.1) is 12.7 Å². The minimum atomic E-state index is -0.254. The molecule has 0 bridgehead atoms. The molecule has 0 N–H and O–H groups in total. The van der Waals surface area contributed by atoms with E-state index >= 15 is 0 Å². The summed E-state index contributed by atoms with van der Waals surface area (Å²) in [4.78, 5) is 13.5. The van der Waals surface area contributed by atoms with E-state index in [0.29, 0.717) is 12.1 Å². The van der Waals surface area contributed by atoms with Crippen LogP contribution in [0.25, 0.3) is 0 Å². The Morgan fingerprint density at radius 1 is 1.45 bits per heavy atom. The van der Waals surface area contributed by atoms with E-state index < -0.39 is 0 Å². The second-order valence-electron chi connectivity index (χ2n) is 4.94. The number of piperidine rings is 1. The van der Waals surface area contributed by atoms with Gasteiger partial charge in [0.1, 0.15) is 12.4 Å². The van der Waals surface area contributed by atoms with E-state index in [1.807, 2.05) is 0 Å². The zero-order valence-corrected chi connectivity index (χ0v) is 11.7. The molecule has 0 saturated carbocycles. The monoisotopic (exact) mass is 281 g/mol. The summed E-state index contributed by atoms with van der Waals surface area (Å²) >= 11 is 0. The molecule has 1 heterocycles. The number of carbonyl (C=O) groups excluding carboxylic acids is 1. The summed E-state index contributed by atoms with van der Waals surface area (Å²) in [5.74, 6) is -0.276. The standard InChI is InChI=1S/C15H20FNO3/c1-19-11-15(18)17-8-4-6-13(9-17)20-10-12-5-2-3-7-14(12)16/h2-3,5,7,13H,4,6,8-11H2,1H3. The first-order valence-corrected chi connectivity index (χ1v) is 6.82. The zero-order chi connectivity index (χ0) is 14.4. The number of nitrogens with zero attached hydrogens (tertiary/aromatic N) is 1. The maximum atomic E-state index is 13.5. The van der Waals surface area contributed by atoms with Crippen LogP contribution in [0.1, 0.15) is 18.4 Å². The van der Waals surface area contributed by atoms with Crippen LogP contribution >= 0.6 is 0 Å². The number of amides is 1. The smallest absolute Gasteiger partial charge is 0.248 e. The van der Waals surface area contributed by atoms with Gasteiger partial charge in [-0.3, -0.25) is 4.79 Å². The fourth-order valence-electron chi connectivity index (χ4n) is 2.34. The van der Waals surface area contributed by atoms with E-state index in [9.17, 15) is 9.18 Å². The Labute approximate surface area is 118 Å². The first-order valence-electron chi connectivity index (χ1n) is 6.82. The Kier molecular flexibility index (Phi) is 5.49. The van der Waals surface area contributed by atoms with E-state index in [2.05, 4.69) is 0 Å². The summed E-state index contributed by atoms with van der Waals surface area (Å²) in [6, 6.07) is 6.58. The lowest BCUT2D eigenvalue weighted by Crippen LogP contribution is -2.44. The molecule has 1 fully saturated rings. The van der Waals surface area contributed by atoms with Gasteiger partial charge in [0.2, 0.25) is 5.91 Å². The molecule has 1 aromatic rings. The highest BCUT2D eigenvalue weighted by atomic mass is 19.1. The van der Waals surface area contributed by atoms with Gasteiger partial charge in [-0.25, -0.2) is 4.39 Å². The summed E-state index contributed by atoms with van der Waals surface area (Å²) in [6.45, 7) is 1.63. The molecular weight excluding hydrogens is 261 g/mol. The molecule has 0 spiro atoms. The van der Waals surface area contributed by atoms with Crippen molar-refractivity contribution in [3.63, 3.8) is 0 Å². The van der Waals surface area contributed by atoms with Gasteiger partial charge in [0, 0.05) is 25.8 Å². The van der Waals surface area contributed by atoms with Crippen LogP contribution in [0.5, 0.6) is 0 Å². The Morgan fingerprint density at radius 2 is 2.25 bits per heavy atom. The fourth-order valence-corrected chi connectivity index (χ4v) is 2.34. The summed E-state index contributed by atoms with van der Waals surface area (Å²) in [5, 5.41) is 0. The number of carbonyl (C=O) groups is 1. The van der Waals surface area contributed by atoms with Crippen LogP contribution in [0.2, 0.25) is 0 Å². The van der Waals surface area contributed by atoms with Gasteiger partial charge < -0.3 is 14.4 Å². The Hall–Kier alpha value is -1.46. The Balaban J connectivity index is 1.84. The molecule has 1 amide bonds. The minimum absolute atomic E-state index is 0.0216. The molecule has 0 aliphatic carbocycles. The first kappa shape index (κ1) is 14.9. The molecule has 4 nitrogen and oxygen atoms in total. The number of hydrogen-bond donors (Lipinski definition) is 0. The van der Waals surface area contributed by atoms with Crippen molar-refractivity contribution in [3.05, 3.63) is 35.6 Å². The van der Waals surface area contributed by atoms with Crippen molar-refractivity contribution < 1.29 is 18.7 Å². The lowest BCUT2D eigenvalue weighted by Gasteiger charge is -2.32. The number of likely N-dealkylation sites (tertiary alicyclic amines) is 1. The van der Waals surface area contributed by atoms with Crippen LogP contribution < -0.4 is 0 Å². The highest BCUT2D eigenvalue weighted by Crippen LogP contribution is 2.16. The van der Waals surface area contributed by atoms with Crippen LogP contribution in [0.15, 0.2) is 24.3 Å². The minimum Gasteiger partial charge on any atom is -0.375 e. The summed E-state index contributed by atoms with van der Waals surface area (Å²) in [7, 11) is 1.51. The number of ether oxygens (including phenoxy) is 2. The lowest BCUT2D eigenvalue weighted by atomic mass is 10.1. The van der Waals surface area contributed by atoms with Crippen molar-refractivity contribution in [2.24, 2.45) is 0 Å². The number of benzene rings is 1. The summed E-state index contributed by atoms with van der Waals surface area (Å²) in [5.41, 5.74) is 0.549. The SMILES string of the molecule is COCC(=O)N1CCCC(OCc2ccccc2F)C1. The van der Waals surface area contributed by atoms with E-state index in [0.717, 1.165) is 19.4 Å². The third-order valence-electron chi connectivity index (χ3n) is 3.43. The molecule has 2 rings (SSSR count). The molecule has 0 aromatic heterocycles. The number of methoxy groups -OCH3 is 1. The third kappa shape index (κ3) is 4.02. The predicted molar refractivity (Wildman–Crippen MR) is 72.7 cm³/mol. The van der Waals surface area contributed by atoms with Crippen molar-refractivity contribution >= 4 is 5.91 Å². The van der Waals surface area contributed by atoms with Gasteiger partial charge in [-0.2, -0.15) is 0 Å². The van der Waals surface area contributed by atoms with E-state index in [1.54, 1.807) is 23.1 Å². The molecule has 1 aliphatic heterocycles. The second-order valence-corrected chi connectivity index (χ2v) is 4.94. The molecule has 0 radical (unpaired) electrons. The molecule has 1 atom stereocenters. The average Bonchev–Trinajstić information content (AvgIpc) is 2.47. The highest BCUT2D eigenvalue weighted by Gasteiger charge is 2.24. The number of hydrogen-bond acceptors (Lipinski definition) is 3. The van der Waals surface area contributed by atoms with E-state index in [4.69, 9.17) is 9.47 Å². The maximum absolute atomic E-state index is 13.5. The normalized spacial score (nSPS) is 19.1. The molecule has 110 valence electrons. The Morgan fingerprint density at radius 3 is 3.00 bits per heavy atom. The Bertz CT molecular complexity index is 452. The fraction of sp³-hybridized carbons (Fsp3) is 0.533. The topological polar surface area (TPSA) is 38.8 Å². The lowest BCUT2D eigenvalue weighted by molar-refractivity contribution is -0.139. The first-order chi connectivity index (χ1) is 9.70. The van der Waals surface area contributed by atoms with E-state index in [1.165, 1.54) is 13.2 Å². The zero-order valence-electron chi connectivity index (χ0n) is 11.7. The van der Waals surface area contributed by atoms with E-state index in [-0.39, 0.29) is 31.0 Å². The van der Waals surface area contributed by atoms with Crippen molar-refractivity contribution in [3.8, 4) is 0 Å². The summed E-state index contributed by atoms with van der Waals surface area (Å²) in [6.07, 6.45) is 1.76. The van der Waals surface area contributed by atoms with Gasteiger partial charge in [-0.15, -0.1) is 0 Å². The number of rotatable bonds is 5. The van der Waals surface area contributed by atoms with Gasteiger partial charge in [0.25, 0.3) is 0 Å². The molecule has 20 heavy (non-hydrogen) atoms. The second kappa shape index (κ2) is 7.36. The molecule has 1 unspecified atom stereocenters. The molecule has 1 aromatic carbocycles. The van der Waals surface area contributed by atoms with Crippen LogP contribution in [0, 0.1) is 5.82 Å². The molecule has 1 aliphatic rings. The molecule has 5 heteroatoms. The quantitative estimate of drug-likeness (QED) is 0.828. The molecule has 1 saturated heterocycles. The van der Waals surface area contributed by atoms with Crippen molar-refractivity contribution in [2.75, 3.05) is 26.8 Å². The number of halogens is 1. The van der Waals surface area contributed by atoms with Crippen molar-refractivity contribution in [2.45, 2.75) is 25.6 Å². The molecular formula is C15H20FNO3. The highest BCUT2D eigenvalue weighted by molar-refractivity contribution is 5.77. The predicted octanol–water partition coefficient (Wildman–Crippen LogP) is 1.98. The van der Waals surface area contributed by atoms with Gasteiger partial charge in [0.15, 0.2) is 0 Å². The average molecular weight is 281 g/mol. The van der Waals surface area contributed by atoms with Gasteiger partial charge in [-0.1, -0.05) is 18.2 Å². The van der Waals surface area contributed by atoms with Crippen LogP contribution in [-0.2, 0) is 20.9 Å². The van der Waals surface area contributed by atoms with Crippen molar-refractivity contribution in [1.82, 2.24) is 4.90 Å².